The van der Waals surface area contributed by atoms with Crippen LogP contribution < -0.4 is 16.0 Å². The highest BCUT2D eigenvalue weighted by Crippen LogP contribution is 2.25. The first-order valence-corrected chi connectivity index (χ1v) is 8.75. The van der Waals surface area contributed by atoms with Crippen LogP contribution in [0.15, 0.2) is 18.2 Å². The molecule has 26 heavy (non-hydrogen) atoms. The molecule has 1 aromatic carbocycles. The SMILES string of the molecule is CCC1(CC)NC(=O)N(CC(=O)Nc2ccc3c(c2)C(=O)NCC3)C1=O. The van der Waals surface area contributed by atoms with Gasteiger partial charge in [-0.1, -0.05) is 19.9 Å². The van der Waals surface area contributed by atoms with Crippen molar-refractivity contribution >= 4 is 29.4 Å². The van der Waals surface area contributed by atoms with Crippen molar-refractivity contribution in [2.24, 2.45) is 0 Å². The van der Waals surface area contributed by atoms with Gasteiger partial charge in [0.15, 0.2) is 0 Å². The zero-order valence-electron chi connectivity index (χ0n) is 14.8. The van der Waals surface area contributed by atoms with Gasteiger partial charge >= 0.3 is 6.03 Å². The molecule has 0 spiro atoms. The van der Waals surface area contributed by atoms with Crippen molar-refractivity contribution in [3.63, 3.8) is 0 Å². The molecule has 0 unspecified atom stereocenters. The Labute approximate surface area is 151 Å². The maximum atomic E-state index is 12.5. The topological polar surface area (TPSA) is 108 Å². The van der Waals surface area contributed by atoms with E-state index in [-0.39, 0.29) is 18.4 Å². The fourth-order valence-electron chi connectivity index (χ4n) is 3.38. The van der Waals surface area contributed by atoms with Gasteiger partial charge in [0.2, 0.25) is 5.91 Å². The number of rotatable bonds is 5. The molecule has 0 radical (unpaired) electrons. The van der Waals surface area contributed by atoms with Crippen LogP contribution in [0.3, 0.4) is 0 Å². The summed E-state index contributed by atoms with van der Waals surface area (Å²) in [6.07, 6.45) is 1.67. The Morgan fingerprint density at radius 1 is 1.23 bits per heavy atom. The Balaban J connectivity index is 1.70. The fourth-order valence-corrected chi connectivity index (χ4v) is 3.38. The minimum Gasteiger partial charge on any atom is -0.352 e. The van der Waals surface area contributed by atoms with E-state index in [1.165, 1.54) is 0 Å². The third-order valence-electron chi connectivity index (χ3n) is 5.07. The van der Waals surface area contributed by atoms with Crippen molar-refractivity contribution in [2.75, 3.05) is 18.4 Å². The van der Waals surface area contributed by atoms with Gasteiger partial charge in [-0.2, -0.15) is 0 Å². The van der Waals surface area contributed by atoms with E-state index in [1.807, 2.05) is 13.8 Å². The second-order valence-electron chi connectivity index (χ2n) is 6.54. The molecule has 2 aliphatic heterocycles. The number of nitrogens with one attached hydrogen (secondary N) is 3. The minimum atomic E-state index is -0.929. The van der Waals surface area contributed by atoms with Gasteiger partial charge in [-0.25, -0.2) is 4.79 Å². The number of imide groups is 1. The Bertz CT molecular complexity index is 785. The molecule has 8 nitrogen and oxygen atoms in total. The van der Waals surface area contributed by atoms with Crippen LogP contribution in [0.2, 0.25) is 0 Å². The summed E-state index contributed by atoms with van der Waals surface area (Å²) in [5.74, 6) is -1.05. The second kappa shape index (κ2) is 6.78. The second-order valence-corrected chi connectivity index (χ2v) is 6.54. The largest absolute Gasteiger partial charge is 0.352 e. The molecule has 0 aromatic heterocycles. The van der Waals surface area contributed by atoms with Gasteiger partial charge < -0.3 is 16.0 Å². The summed E-state index contributed by atoms with van der Waals surface area (Å²) in [5.41, 5.74) is 0.980. The number of nitrogens with zero attached hydrogens (tertiary/aromatic N) is 1. The molecule has 1 saturated heterocycles. The number of benzene rings is 1. The quantitative estimate of drug-likeness (QED) is 0.683. The number of anilines is 1. The molecule has 1 fully saturated rings. The lowest BCUT2D eigenvalue weighted by Gasteiger charge is -2.23. The summed E-state index contributed by atoms with van der Waals surface area (Å²) >= 11 is 0. The Kier molecular flexibility index (Phi) is 4.67. The lowest BCUT2D eigenvalue weighted by molar-refractivity contribution is -0.134. The van der Waals surface area contributed by atoms with Gasteiger partial charge in [-0.3, -0.25) is 19.3 Å². The molecule has 0 saturated carbocycles. The lowest BCUT2D eigenvalue weighted by atomic mass is 9.93. The van der Waals surface area contributed by atoms with Gasteiger partial charge in [0, 0.05) is 17.8 Å². The number of urea groups is 1. The highest BCUT2D eigenvalue weighted by molar-refractivity contribution is 6.10. The van der Waals surface area contributed by atoms with Gasteiger partial charge in [0.05, 0.1) is 0 Å². The van der Waals surface area contributed by atoms with Gasteiger partial charge in [0.25, 0.3) is 11.8 Å². The first kappa shape index (κ1) is 17.9. The Hall–Kier alpha value is -2.90. The van der Waals surface area contributed by atoms with Crippen LogP contribution in [-0.4, -0.2) is 47.3 Å². The van der Waals surface area contributed by atoms with E-state index in [0.29, 0.717) is 30.6 Å². The number of hydrogen-bond acceptors (Lipinski definition) is 4. The number of amides is 5. The molecule has 2 heterocycles. The Morgan fingerprint density at radius 2 is 1.96 bits per heavy atom. The van der Waals surface area contributed by atoms with E-state index in [4.69, 9.17) is 0 Å². The van der Waals surface area contributed by atoms with E-state index in [2.05, 4.69) is 16.0 Å². The van der Waals surface area contributed by atoms with Crippen LogP contribution in [0.25, 0.3) is 0 Å². The van der Waals surface area contributed by atoms with E-state index >= 15 is 0 Å². The predicted molar refractivity (Wildman–Crippen MR) is 94.7 cm³/mol. The van der Waals surface area contributed by atoms with Crippen LogP contribution in [0, 0.1) is 0 Å². The van der Waals surface area contributed by atoms with Crippen LogP contribution in [0.1, 0.15) is 42.6 Å². The van der Waals surface area contributed by atoms with Crippen molar-refractivity contribution in [2.45, 2.75) is 38.6 Å². The Morgan fingerprint density at radius 3 is 2.62 bits per heavy atom. The maximum Gasteiger partial charge on any atom is 0.325 e. The third-order valence-corrected chi connectivity index (χ3v) is 5.07. The molecule has 0 aliphatic carbocycles. The van der Waals surface area contributed by atoms with E-state index in [0.717, 1.165) is 16.9 Å². The third kappa shape index (κ3) is 3.02. The lowest BCUT2D eigenvalue weighted by Crippen LogP contribution is -2.46. The highest BCUT2D eigenvalue weighted by atomic mass is 16.2. The molecule has 1 aromatic rings. The first-order chi connectivity index (χ1) is 12.4. The van der Waals surface area contributed by atoms with Crippen molar-refractivity contribution in [1.82, 2.24) is 15.5 Å². The smallest absolute Gasteiger partial charge is 0.325 e. The van der Waals surface area contributed by atoms with Gasteiger partial charge in [0.1, 0.15) is 12.1 Å². The average molecular weight is 358 g/mol. The van der Waals surface area contributed by atoms with Crippen molar-refractivity contribution in [3.8, 4) is 0 Å². The molecule has 138 valence electrons. The number of carbonyl (C=O) groups excluding carboxylic acids is 4. The summed E-state index contributed by atoms with van der Waals surface area (Å²) in [4.78, 5) is 49.8. The molecular weight excluding hydrogens is 336 g/mol. The molecule has 8 heteroatoms. The van der Waals surface area contributed by atoms with Crippen LogP contribution in [0.5, 0.6) is 0 Å². The van der Waals surface area contributed by atoms with Gasteiger partial charge in [-0.05, 0) is 37.0 Å². The summed E-state index contributed by atoms with van der Waals surface area (Å²) in [6, 6.07) is 4.56. The van der Waals surface area contributed by atoms with E-state index in [1.54, 1.807) is 18.2 Å². The average Bonchev–Trinajstić information content (AvgIpc) is 2.87. The molecule has 3 rings (SSSR count). The minimum absolute atomic E-state index is 0.174. The van der Waals surface area contributed by atoms with Crippen molar-refractivity contribution < 1.29 is 19.2 Å². The summed E-state index contributed by atoms with van der Waals surface area (Å²) in [5, 5.41) is 8.09. The fraction of sp³-hybridized carbons (Fsp3) is 0.444. The maximum absolute atomic E-state index is 12.5. The van der Waals surface area contributed by atoms with Crippen molar-refractivity contribution in [3.05, 3.63) is 29.3 Å². The zero-order chi connectivity index (χ0) is 18.9. The number of fused-ring (bicyclic) bond motifs is 1. The normalized spacial score (nSPS) is 18.2. The summed E-state index contributed by atoms with van der Waals surface area (Å²) < 4.78 is 0. The molecule has 2 aliphatic rings. The summed E-state index contributed by atoms with van der Waals surface area (Å²) in [7, 11) is 0. The predicted octanol–water partition coefficient (Wildman–Crippen LogP) is 1.02. The van der Waals surface area contributed by atoms with E-state index in [9.17, 15) is 19.2 Å². The van der Waals surface area contributed by atoms with Crippen LogP contribution in [0.4, 0.5) is 10.5 Å². The monoisotopic (exact) mass is 358 g/mol. The molecular formula is C18H22N4O4. The molecule has 0 atom stereocenters. The zero-order valence-corrected chi connectivity index (χ0v) is 14.8. The highest BCUT2D eigenvalue weighted by Gasteiger charge is 2.49. The number of carbonyl (C=O) groups is 4. The molecule has 3 N–H and O–H groups in total. The van der Waals surface area contributed by atoms with E-state index < -0.39 is 17.5 Å². The standard InChI is InChI=1S/C18H22N4O4/c1-3-18(4-2)16(25)22(17(26)21-18)10-14(23)20-12-6-5-11-7-8-19-15(24)13(11)9-12/h5-6,9H,3-4,7-8,10H2,1-2H3,(H,19,24)(H,20,23)(H,21,26). The summed E-state index contributed by atoms with van der Waals surface area (Å²) in [6.45, 7) is 3.88. The van der Waals surface area contributed by atoms with Crippen LogP contribution >= 0.6 is 0 Å². The molecule has 5 amide bonds. The van der Waals surface area contributed by atoms with Gasteiger partial charge in [-0.15, -0.1) is 0 Å². The first-order valence-electron chi connectivity index (χ1n) is 8.75. The van der Waals surface area contributed by atoms with Crippen molar-refractivity contribution in [1.29, 1.82) is 0 Å². The molecule has 0 bridgehead atoms. The van der Waals surface area contributed by atoms with Crippen LogP contribution in [-0.2, 0) is 16.0 Å². The number of hydrogen-bond donors (Lipinski definition) is 3.